The number of fused-ring (bicyclic) bond motifs is 5. The van der Waals surface area contributed by atoms with Crippen molar-refractivity contribution in [2.75, 3.05) is 0 Å². The van der Waals surface area contributed by atoms with Crippen molar-refractivity contribution in [1.29, 1.82) is 0 Å². The fourth-order valence-electron chi connectivity index (χ4n) is 7.09. The molecule has 3 fully saturated rings. The molecule has 0 aromatic rings. The first-order valence-electron chi connectivity index (χ1n) is 9.44. The zero-order chi connectivity index (χ0) is 17.3. The summed E-state index contributed by atoms with van der Waals surface area (Å²) in [5.41, 5.74) is 1.50. The van der Waals surface area contributed by atoms with Crippen LogP contribution in [0.5, 0.6) is 0 Å². The molecule has 130 valence electrons. The van der Waals surface area contributed by atoms with E-state index >= 15 is 0 Å². The van der Waals surface area contributed by atoms with Crippen LogP contribution in [0.2, 0.25) is 0 Å². The van der Waals surface area contributed by atoms with Crippen LogP contribution in [0.15, 0.2) is 23.8 Å². The van der Waals surface area contributed by atoms with Crippen molar-refractivity contribution in [2.45, 2.75) is 52.9 Å². The molecule has 0 radical (unpaired) electrons. The van der Waals surface area contributed by atoms with Crippen molar-refractivity contribution >= 4 is 23.5 Å². The van der Waals surface area contributed by atoms with Gasteiger partial charge >= 0.3 is 0 Å². The maximum Gasteiger partial charge on any atom is 0.189 e. The van der Waals surface area contributed by atoms with Crippen LogP contribution in [0, 0.1) is 40.4 Å². The fraction of sp³-hybridized carbons (Fsp3) is 0.714. The van der Waals surface area contributed by atoms with Crippen molar-refractivity contribution in [3.8, 4) is 0 Å². The van der Waals surface area contributed by atoms with E-state index in [1.807, 2.05) is 6.08 Å². The van der Waals surface area contributed by atoms with Crippen LogP contribution in [0.3, 0.4) is 0 Å². The summed E-state index contributed by atoms with van der Waals surface area (Å²) in [6.07, 6.45) is 11.5. The number of thiol groups is 1. The molecule has 0 heterocycles. The van der Waals surface area contributed by atoms with Crippen LogP contribution in [0.4, 0.5) is 0 Å². The van der Waals surface area contributed by atoms with Crippen LogP contribution in [-0.2, 0) is 9.59 Å². The average molecular weight is 345 g/mol. The minimum absolute atomic E-state index is 0.0461. The lowest BCUT2D eigenvalue weighted by molar-refractivity contribution is -0.121. The topological polar surface area (TPSA) is 34.1 Å². The van der Waals surface area contributed by atoms with Crippen LogP contribution in [-0.4, -0.2) is 10.9 Å². The number of carbonyl (C=O) groups excluding carboxylic acids is 2. The molecule has 7 atom stereocenters. The highest BCUT2D eigenvalue weighted by Gasteiger charge is 2.61. The Hall–Kier alpha value is -0.830. The Morgan fingerprint density at radius 1 is 1.25 bits per heavy atom. The summed E-state index contributed by atoms with van der Waals surface area (Å²) in [6, 6.07) is 0. The van der Waals surface area contributed by atoms with E-state index in [-0.39, 0.29) is 27.6 Å². The first-order valence-corrected chi connectivity index (χ1v) is 9.89. The lowest BCUT2D eigenvalue weighted by atomic mass is 9.48. The molecule has 4 rings (SSSR count). The van der Waals surface area contributed by atoms with Gasteiger partial charge in [-0.25, -0.2) is 0 Å². The molecule has 0 amide bonds. The third kappa shape index (κ3) is 2.09. The molecule has 4 aliphatic carbocycles. The van der Waals surface area contributed by atoms with Crippen molar-refractivity contribution in [3.05, 3.63) is 23.8 Å². The minimum atomic E-state index is 0.0461. The average Bonchev–Trinajstić information content (AvgIpc) is 2.78. The van der Waals surface area contributed by atoms with Gasteiger partial charge in [0.25, 0.3) is 0 Å². The first-order chi connectivity index (χ1) is 11.3. The van der Waals surface area contributed by atoms with Gasteiger partial charge in [-0.3, -0.25) is 9.59 Å². The molecule has 24 heavy (non-hydrogen) atoms. The summed E-state index contributed by atoms with van der Waals surface area (Å²) >= 11 is 4.25. The number of ketones is 1. The van der Waals surface area contributed by atoms with E-state index in [1.54, 1.807) is 6.08 Å². The monoisotopic (exact) mass is 344 g/mol. The Bertz CT molecular complexity index is 663. The molecular weight excluding hydrogens is 316 g/mol. The summed E-state index contributed by atoms with van der Waals surface area (Å²) in [7, 11) is 0. The Balaban J connectivity index is 1.70. The van der Waals surface area contributed by atoms with Crippen LogP contribution in [0.1, 0.15) is 52.9 Å². The molecule has 2 nitrogen and oxygen atoms in total. The Kier molecular flexibility index (Phi) is 3.69. The number of rotatable bonds is 1. The van der Waals surface area contributed by atoms with Crippen LogP contribution in [0.25, 0.3) is 0 Å². The van der Waals surface area contributed by atoms with E-state index in [4.69, 9.17) is 0 Å². The zero-order valence-corrected chi connectivity index (χ0v) is 15.8. The van der Waals surface area contributed by atoms with E-state index in [2.05, 4.69) is 39.5 Å². The normalized spacial score (nSPS) is 49.9. The highest BCUT2D eigenvalue weighted by Crippen LogP contribution is 2.67. The lowest BCUT2D eigenvalue weighted by Gasteiger charge is -2.56. The second kappa shape index (κ2) is 5.33. The predicted molar refractivity (Wildman–Crippen MR) is 98.6 cm³/mol. The summed E-state index contributed by atoms with van der Waals surface area (Å²) in [4.78, 5) is 24.0. The van der Waals surface area contributed by atoms with Gasteiger partial charge in [-0.15, -0.1) is 12.6 Å². The van der Waals surface area contributed by atoms with Gasteiger partial charge in [0.05, 0.1) is 0 Å². The zero-order valence-electron chi connectivity index (χ0n) is 14.9. The fourth-order valence-corrected chi connectivity index (χ4v) is 7.64. The van der Waals surface area contributed by atoms with Gasteiger partial charge in [0.15, 0.2) is 10.9 Å². The quantitative estimate of drug-likeness (QED) is 0.705. The third-order valence-corrected chi connectivity index (χ3v) is 8.44. The van der Waals surface area contributed by atoms with Gasteiger partial charge in [-0.05, 0) is 73.3 Å². The molecular formula is C21H28O2S. The van der Waals surface area contributed by atoms with Gasteiger partial charge in [-0.1, -0.05) is 32.4 Å². The van der Waals surface area contributed by atoms with Crippen molar-refractivity contribution in [3.63, 3.8) is 0 Å². The first kappa shape index (κ1) is 16.6. The second-order valence-corrected chi connectivity index (χ2v) is 9.62. The van der Waals surface area contributed by atoms with E-state index < -0.39 is 0 Å². The van der Waals surface area contributed by atoms with Gasteiger partial charge < -0.3 is 0 Å². The molecule has 3 saturated carbocycles. The molecule has 0 aromatic heterocycles. The van der Waals surface area contributed by atoms with Gasteiger partial charge in [0.2, 0.25) is 0 Å². The van der Waals surface area contributed by atoms with Gasteiger partial charge in [-0.2, -0.15) is 0 Å². The minimum Gasteiger partial charge on any atom is -0.290 e. The number of hydrogen-bond donors (Lipinski definition) is 1. The number of carbonyl (C=O) groups is 2. The molecule has 0 saturated heterocycles. The number of hydrogen-bond acceptors (Lipinski definition) is 2. The van der Waals surface area contributed by atoms with Gasteiger partial charge in [0, 0.05) is 11.3 Å². The highest BCUT2D eigenvalue weighted by atomic mass is 32.1. The second-order valence-electron chi connectivity index (χ2n) is 9.18. The van der Waals surface area contributed by atoms with Crippen LogP contribution >= 0.6 is 12.6 Å². The molecule has 4 aliphatic rings. The van der Waals surface area contributed by atoms with E-state index in [9.17, 15) is 9.59 Å². The van der Waals surface area contributed by atoms with Crippen molar-refractivity contribution in [1.82, 2.24) is 0 Å². The molecule has 0 N–H and O–H groups in total. The standard InChI is InChI=1S/C21H28O2S/c1-12-10-17-15-5-4-13-11-14(22)6-8-20(13,2)16(15)7-9-21(17,3)18(12)19(23)24/h6,8,11-12,15-18H,4-5,7,9-10H2,1-3H3,(H,23,24)/t12-,15-,16+,17+,18-,20+,21+/m1/s1. The van der Waals surface area contributed by atoms with Gasteiger partial charge in [0.1, 0.15) is 0 Å². The lowest BCUT2D eigenvalue weighted by Crippen LogP contribution is -2.50. The predicted octanol–water partition coefficient (Wildman–Crippen LogP) is 4.61. The summed E-state index contributed by atoms with van der Waals surface area (Å²) in [5.74, 6) is 2.61. The Morgan fingerprint density at radius 2 is 2.00 bits per heavy atom. The molecule has 0 aromatic carbocycles. The summed E-state index contributed by atoms with van der Waals surface area (Å²) < 4.78 is 0. The molecule has 0 unspecified atom stereocenters. The highest BCUT2D eigenvalue weighted by molar-refractivity contribution is 7.96. The third-order valence-electron chi connectivity index (χ3n) is 8.17. The smallest absolute Gasteiger partial charge is 0.189 e. The Morgan fingerprint density at radius 3 is 2.71 bits per heavy atom. The maximum absolute atomic E-state index is 12.2. The van der Waals surface area contributed by atoms with E-state index in [0.717, 1.165) is 25.7 Å². The van der Waals surface area contributed by atoms with E-state index in [1.165, 1.54) is 12.0 Å². The largest absolute Gasteiger partial charge is 0.290 e. The van der Waals surface area contributed by atoms with Crippen molar-refractivity contribution < 1.29 is 9.59 Å². The van der Waals surface area contributed by atoms with E-state index in [0.29, 0.717) is 23.7 Å². The van der Waals surface area contributed by atoms with Crippen molar-refractivity contribution in [2.24, 2.45) is 40.4 Å². The summed E-state index contributed by atoms with van der Waals surface area (Å²) in [6.45, 7) is 6.93. The molecule has 0 bridgehead atoms. The molecule has 0 aliphatic heterocycles. The summed E-state index contributed by atoms with van der Waals surface area (Å²) in [5, 5.41) is 0.0942. The maximum atomic E-state index is 12.2. The molecule has 3 heteroatoms. The SMILES string of the molecule is C[C@@H]1C[C@H]2[C@@H]3CCC4=CC(=O)C=C[C@]4(C)[C@H]3CC[C@]2(C)[C@H]1C(=O)S. The van der Waals surface area contributed by atoms with Crippen LogP contribution < -0.4 is 0 Å². The molecule has 0 spiro atoms. The number of allylic oxidation sites excluding steroid dienone is 4. The Labute approximate surface area is 150 Å².